The number of rotatable bonds is 8. The van der Waals surface area contributed by atoms with E-state index in [1.54, 1.807) is 0 Å². The number of ether oxygens (including phenoxy) is 1. The zero-order chi connectivity index (χ0) is 18.9. The molecule has 3 rings (SSSR count). The van der Waals surface area contributed by atoms with Crippen LogP contribution in [-0.2, 0) is 27.4 Å². The second-order valence-electron chi connectivity index (χ2n) is 5.93. The number of esters is 1. The van der Waals surface area contributed by atoms with Crippen molar-refractivity contribution in [3.8, 4) is 10.6 Å². The van der Waals surface area contributed by atoms with Crippen LogP contribution in [0.5, 0.6) is 0 Å². The van der Waals surface area contributed by atoms with Crippen LogP contribution in [0.3, 0.4) is 0 Å². The summed E-state index contributed by atoms with van der Waals surface area (Å²) < 4.78 is 5.23. The van der Waals surface area contributed by atoms with E-state index in [1.165, 1.54) is 11.3 Å². The molecule has 5 nitrogen and oxygen atoms in total. The highest BCUT2D eigenvalue weighted by Gasteiger charge is 2.09. The largest absolute Gasteiger partial charge is 0.459 e. The molecule has 0 aliphatic rings. The summed E-state index contributed by atoms with van der Waals surface area (Å²) >= 11 is 1.52. The molecule has 0 aliphatic carbocycles. The van der Waals surface area contributed by atoms with Gasteiger partial charge in [0.2, 0.25) is 5.91 Å². The molecular formula is C21H20N2O3S. The van der Waals surface area contributed by atoms with Crippen LogP contribution in [0.2, 0.25) is 0 Å². The highest BCUT2D eigenvalue weighted by molar-refractivity contribution is 7.13. The summed E-state index contributed by atoms with van der Waals surface area (Å²) in [5.41, 5.74) is 2.71. The van der Waals surface area contributed by atoms with Crippen molar-refractivity contribution in [2.45, 2.75) is 19.4 Å². The van der Waals surface area contributed by atoms with Crippen molar-refractivity contribution in [2.24, 2.45) is 0 Å². The van der Waals surface area contributed by atoms with Crippen molar-refractivity contribution in [2.75, 3.05) is 6.54 Å². The van der Waals surface area contributed by atoms with E-state index < -0.39 is 0 Å². The van der Waals surface area contributed by atoms with Gasteiger partial charge in [-0.05, 0) is 5.56 Å². The second kappa shape index (κ2) is 9.64. The average Bonchev–Trinajstić information content (AvgIpc) is 3.17. The molecule has 0 radical (unpaired) electrons. The normalized spacial score (nSPS) is 10.4. The van der Waals surface area contributed by atoms with Crippen molar-refractivity contribution in [3.63, 3.8) is 0 Å². The smallest absolute Gasteiger partial charge is 0.307 e. The van der Waals surface area contributed by atoms with Crippen LogP contribution in [-0.4, -0.2) is 23.4 Å². The molecule has 0 saturated heterocycles. The van der Waals surface area contributed by atoms with Gasteiger partial charge in [0.15, 0.2) is 0 Å². The molecule has 1 aromatic heterocycles. The third-order valence-electron chi connectivity index (χ3n) is 3.81. The van der Waals surface area contributed by atoms with Gasteiger partial charge in [-0.15, -0.1) is 11.3 Å². The molecule has 6 heteroatoms. The fraction of sp³-hybridized carbons (Fsp3) is 0.190. The Morgan fingerprint density at radius 2 is 1.70 bits per heavy atom. The van der Waals surface area contributed by atoms with Crippen LogP contribution in [0.25, 0.3) is 10.6 Å². The standard InChI is InChI=1S/C21H20N2O3S/c24-19(13-16-7-3-1-4-8-16)22-12-11-20(25)26-14-18-15-27-21(23-18)17-9-5-2-6-10-17/h1-10,15H,11-14H2,(H,22,24). The highest BCUT2D eigenvalue weighted by Crippen LogP contribution is 2.23. The number of hydrogen-bond donors (Lipinski definition) is 1. The number of aromatic nitrogens is 1. The first kappa shape index (κ1) is 18.8. The van der Waals surface area contributed by atoms with Crippen LogP contribution >= 0.6 is 11.3 Å². The zero-order valence-corrected chi connectivity index (χ0v) is 15.6. The molecule has 0 atom stereocenters. The molecule has 0 saturated carbocycles. The summed E-state index contributed by atoms with van der Waals surface area (Å²) in [6.45, 7) is 0.400. The summed E-state index contributed by atoms with van der Waals surface area (Å²) in [6.07, 6.45) is 0.438. The quantitative estimate of drug-likeness (QED) is 0.606. The maximum absolute atomic E-state index is 11.8. The van der Waals surface area contributed by atoms with Crippen molar-refractivity contribution in [1.29, 1.82) is 0 Å². The van der Waals surface area contributed by atoms with E-state index >= 15 is 0 Å². The Balaban J connectivity index is 1.36. The van der Waals surface area contributed by atoms with Crippen LogP contribution in [0.4, 0.5) is 0 Å². The van der Waals surface area contributed by atoms with E-state index in [0.29, 0.717) is 6.42 Å². The van der Waals surface area contributed by atoms with Gasteiger partial charge in [-0.3, -0.25) is 9.59 Å². The maximum atomic E-state index is 11.8. The summed E-state index contributed by atoms with van der Waals surface area (Å²) in [7, 11) is 0. The SMILES string of the molecule is O=C(Cc1ccccc1)NCCC(=O)OCc1csc(-c2ccccc2)n1. The third-order valence-corrected chi connectivity index (χ3v) is 4.75. The Kier molecular flexibility index (Phi) is 6.71. The van der Waals surface area contributed by atoms with Gasteiger partial charge in [0, 0.05) is 17.5 Å². The van der Waals surface area contributed by atoms with Crippen molar-refractivity contribution in [3.05, 3.63) is 77.3 Å². The molecule has 0 unspecified atom stereocenters. The number of carbonyl (C=O) groups excluding carboxylic acids is 2. The monoisotopic (exact) mass is 380 g/mol. The fourth-order valence-corrected chi connectivity index (χ4v) is 3.27. The Labute approximate surface area is 162 Å². The molecule has 3 aromatic rings. The molecule has 0 fully saturated rings. The molecular weight excluding hydrogens is 360 g/mol. The molecule has 138 valence electrons. The van der Waals surface area contributed by atoms with Gasteiger partial charge in [0.1, 0.15) is 11.6 Å². The van der Waals surface area contributed by atoms with E-state index in [1.807, 2.05) is 66.0 Å². The molecule has 0 bridgehead atoms. The Hall–Kier alpha value is -2.99. The van der Waals surface area contributed by atoms with E-state index in [-0.39, 0.29) is 31.4 Å². The Morgan fingerprint density at radius 1 is 1.00 bits per heavy atom. The van der Waals surface area contributed by atoms with Crippen molar-refractivity contribution in [1.82, 2.24) is 10.3 Å². The maximum Gasteiger partial charge on any atom is 0.307 e. The number of nitrogens with zero attached hydrogens (tertiary/aromatic N) is 1. The first-order chi connectivity index (χ1) is 13.2. The van der Waals surface area contributed by atoms with E-state index in [9.17, 15) is 9.59 Å². The first-order valence-electron chi connectivity index (χ1n) is 8.67. The number of amides is 1. The molecule has 2 aromatic carbocycles. The Morgan fingerprint density at radius 3 is 2.44 bits per heavy atom. The number of thiazole rings is 1. The lowest BCUT2D eigenvalue weighted by Gasteiger charge is -2.06. The van der Waals surface area contributed by atoms with Crippen LogP contribution in [0, 0.1) is 0 Å². The lowest BCUT2D eigenvalue weighted by atomic mass is 10.1. The molecule has 1 N–H and O–H groups in total. The number of hydrogen-bond acceptors (Lipinski definition) is 5. The predicted molar refractivity (Wildman–Crippen MR) is 105 cm³/mol. The van der Waals surface area contributed by atoms with E-state index in [0.717, 1.165) is 21.8 Å². The van der Waals surface area contributed by atoms with Gasteiger partial charge < -0.3 is 10.1 Å². The first-order valence-corrected chi connectivity index (χ1v) is 9.55. The molecule has 0 aliphatic heterocycles. The number of benzene rings is 2. The molecule has 0 spiro atoms. The summed E-state index contributed by atoms with van der Waals surface area (Å²) in [6, 6.07) is 19.3. The van der Waals surface area contributed by atoms with Gasteiger partial charge in [-0.25, -0.2) is 4.98 Å². The number of carbonyl (C=O) groups is 2. The minimum absolute atomic E-state index is 0.110. The average molecular weight is 380 g/mol. The summed E-state index contributed by atoms with van der Waals surface area (Å²) in [5.74, 6) is -0.467. The number of nitrogens with one attached hydrogen (secondary N) is 1. The fourth-order valence-electron chi connectivity index (χ4n) is 2.46. The van der Waals surface area contributed by atoms with Gasteiger partial charge in [0.25, 0.3) is 0 Å². The lowest BCUT2D eigenvalue weighted by Crippen LogP contribution is -2.27. The summed E-state index contributed by atoms with van der Waals surface area (Å²) in [5, 5.41) is 5.52. The molecule has 27 heavy (non-hydrogen) atoms. The molecule has 1 amide bonds. The minimum Gasteiger partial charge on any atom is -0.459 e. The summed E-state index contributed by atoms with van der Waals surface area (Å²) in [4.78, 5) is 28.2. The van der Waals surface area contributed by atoms with Crippen LogP contribution in [0.15, 0.2) is 66.0 Å². The minimum atomic E-state index is -0.357. The van der Waals surface area contributed by atoms with Crippen LogP contribution < -0.4 is 5.32 Å². The predicted octanol–water partition coefficient (Wildman–Crippen LogP) is 3.60. The lowest BCUT2D eigenvalue weighted by molar-refractivity contribution is -0.144. The van der Waals surface area contributed by atoms with E-state index in [2.05, 4.69) is 10.3 Å². The van der Waals surface area contributed by atoms with Gasteiger partial charge in [-0.1, -0.05) is 60.7 Å². The zero-order valence-electron chi connectivity index (χ0n) is 14.8. The Bertz CT molecular complexity index is 879. The van der Waals surface area contributed by atoms with Crippen molar-refractivity contribution >= 4 is 23.2 Å². The van der Waals surface area contributed by atoms with Gasteiger partial charge in [-0.2, -0.15) is 0 Å². The molecule has 1 heterocycles. The second-order valence-corrected chi connectivity index (χ2v) is 6.79. The highest BCUT2D eigenvalue weighted by atomic mass is 32.1. The van der Waals surface area contributed by atoms with Gasteiger partial charge in [0.05, 0.1) is 18.5 Å². The van der Waals surface area contributed by atoms with Crippen LogP contribution in [0.1, 0.15) is 17.7 Å². The van der Waals surface area contributed by atoms with Crippen molar-refractivity contribution < 1.29 is 14.3 Å². The van der Waals surface area contributed by atoms with E-state index in [4.69, 9.17) is 4.74 Å². The topological polar surface area (TPSA) is 68.3 Å². The third kappa shape index (κ3) is 6.04. The van der Waals surface area contributed by atoms with Gasteiger partial charge >= 0.3 is 5.97 Å².